The highest BCUT2D eigenvalue weighted by molar-refractivity contribution is 5.75. The molecular weight excluding hydrogens is 140 g/mol. The molecule has 2 aliphatic carbocycles. The lowest BCUT2D eigenvalue weighted by Gasteiger charge is -2.19. The van der Waals surface area contributed by atoms with E-state index in [1.165, 1.54) is 19.3 Å². The molecule has 3 aliphatic rings. The molecular formula is C9H12O2. The van der Waals surface area contributed by atoms with Gasteiger partial charge in [0.05, 0.1) is 12.5 Å². The van der Waals surface area contributed by atoms with Crippen LogP contribution >= 0.6 is 0 Å². The van der Waals surface area contributed by atoms with Crippen molar-refractivity contribution in [1.29, 1.82) is 0 Å². The van der Waals surface area contributed by atoms with E-state index < -0.39 is 0 Å². The highest BCUT2D eigenvalue weighted by Crippen LogP contribution is 2.54. The van der Waals surface area contributed by atoms with Gasteiger partial charge in [-0.15, -0.1) is 0 Å². The zero-order valence-electron chi connectivity index (χ0n) is 6.45. The average molecular weight is 152 g/mol. The maximum Gasteiger partial charge on any atom is 0.309 e. The molecule has 1 aliphatic heterocycles. The number of ether oxygens (including phenoxy) is 1. The summed E-state index contributed by atoms with van der Waals surface area (Å²) in [5.74, 6) is 2.55. The van der Waals surface area contributed by atoms with Gasteiger partial charge < -0.3 is 4.74 Å². The lowest BCUT2D eigenvalue weighted by molar-refractivity contribution is -0.142. The Morgan fingerprint density at radius 3 is 2.91 bits per heavy atom. The minimum atomic E-state index is 0.0993. The molecule has 0 amide bonds. The maximum atomic E-state index is 11.2. The first-order valence-corrected chi connectivity index (χ1v) is 4.53. The van der Waals surface area contributed by atoms with E-state index in [0.29, 0.717) is 17.8 Å². The van der Waals surface area contributed by atoms with Crippen LogP contribution in [-0.4, -0.2) is 12.6 Å². The summed E-state index contributed by atoms with van der Waals surface area (Å²) in [4.78, 5) is 11.2. The van der Waals surface area contributed by atoms with Crippen molar-refractivity contribution in [2.45, 2.75) is 19.3 Å². The van der Waals surface area contributed by atoms with Crippen LogP contribution in [-0.2, 0) is 9.53 Å². The van der Waals surface area contributed by atoms with E-state index in [0.717, 1.165) is 12.5 Å². The van der Waals surface area contributed by atoms with Gasteiger partial charge in [0, 0.05) is 5.92 Å². The molecule has 0 aromatic carbocycles. The number of rotatable bonds is 0. The Labute approximate surface area is 65.9 Å². The van der Waals surface area contributed by atoms with Crippen molar-refractivity contribution in [3.05, 3.63) is 0 Å². The van der Waals surface area contributed by atoms with Crippen LogP contribution in [0.5, 0.6) is 0 Å². The number of esters is 1. The van der Waals surface area contributed by atoms with Crippen molar-refractivity contribution in [3.8, 4) is 0 Å². The van der Waals surface area contributed by atoms with Crippen molar-refractivity contribution < 1.29 is 9.53 Å². The summed E-state index contributed by atoms with van der Waals surface area (Å²) < 4.78 is 5.06. The molecule has 2 bridgehead atoms. The van der Waals surface area contributed by atoms with E-state index in [1.807, 2.05) is 0 Å². The van der Waals surface area contributed by atoms with Gasteiger partial charge in [0.2, 0.25) is 0 Å². The summed E-state index contributed by atoms with van der Waals surface area (Å²) in [5.41, 5.74) is 0. The normalized spacial score (nSPS) is 52.9. The molecule has 0 radical (unpaired) electrons. The van der Waals surface area contributed by atoms with Crippen LogP contribution in [0.25, 0.3) is 0 Å². The monoisotopic (exact) mass is 152 g/mol. The molecule has 0 aromatic heterocycles. The molecule has 1 heterocycles. The minimum absolute atomic E-state index is 0.0993. The third-order valence-electron chi connectivity index (χ3n) is 3.78. The Bertz CT molecular complexity index is 212. The lowest BCUT2D eigenvalue weighted by atomic mass is 9.81. The summed E-state index contributed by atoms with van der Waals surface area (Å²) in [6.07, 6.45) is 3.94. The predicted octanol–water partition coefficient (Wildman–Crippen LogP) is 1.21. The first-order valence-electron chi connectivity index (χ1n) is 4.53. The van der Waals surface area contributed by atoms with Gasteiger partial charge in [0.25, 0.3) is 0 Å². The molecule has 0 aromatic rings. The molecule has 0 spiro atoms. The number of carbonyl (C=O) groups is 1. The van der Waals surface area contributed by atoms with Crippen molar-refractivity contribution in [2.24, 2.45) is 23.7 Å². The van der Waals surface area contributed by atoms with Crippen LogP contribution in [0.2, 0.25) is 0 Å². The van der Waals surface area contributed by atoms with Crippen LogP contribution in [0.4, 0.5) is 0 Å². The number of fused-ring (bicyclic) bond motifs is 5. The minimum Gasteiger partial charge on any atom is -0.465 e. The van der Waals surface area contributed by atoms with Gasteiger partial charge in [-0.2, -0.15) is 0 Å². The van der Waals surface area contributed by atoms with Crippen molar-refractivity contribution in [1.82, 2.24) is 0 Å². The predicted molar refractivity (Wildman–Crippen MR) is 38.8 cm³/mol. The zero-order chi connectivity index (χ0) is 7.42. The highest BCUT2D eigenvalue weighted by atomic mass is 16.5. The van der Waals surface area contributed by atoms with Crippen LogP contribution in [0.3, 0.4) is 0 Å². The largest absolute Gasteiger partial charge is 0.465 e. The van der Waals surface area contributed by atoms with Gasteiger partial charge in [-0.05, 0) is 31.1 Å². The van der Waals surface area contributed by atoms with Gasteiger partial charge in [-0.1, -0.05) is 0 Å². The van der Waals surface area contributed by atoms with E-state index in [-0.39, 0.29) is 5.97 Å². The molecule has 3 fully saturated rings. The third kappa shape index (κ3) is 0.608. The summed E-state index contributed by atoms with van der Waals surface area (Å²) in [6.45, 7) is 0.727. The van der Waals surface area contributed by atoms with E-state index in [2.05, 4.69) is 0 Å². The fourth-order valence-electron chi connectivity index (χ4n) is 3.29. The topological polar surface area (TPSA) is 26.3 Å². The first kappa shape index (κ1) is 6.04. The second-order valence-corrected chi connectivity index (χ2v) is 4.15. The molecule has 11 heavy (non-hydrogen) atoms. The Morgan fingerprint density at radius 2 is 2.09 bits per heavy atom. The molecule has 2 saturated carbocycles. The second-order valence-electron chi connectivity index (χ2n) is 4.15. The smallest absolute Gasteiger partial charge is 0.309 e. The summed E-state index contributed by atoms with van der Waals surface area (Å²) >= 11 is 0. The molecule has 0 N–H and O–H groups in total. The molecule has 1 saturated heterocycles. The lowest BCUT2D eigenvalue weighted by Crippen LogP contribution is -2.22. The highest BCUT2D eigenvalue weighted by Gasteiger charge is 2.54. The Morgan fingerprint density at radius 1 is 1.27 bits per heavy atom. The van der Waals surface area contributed by atoms with Crippen molar-refractivity contribution in [2.75, 3.05) is 6.61 Å². The van der Waals surface area contributed by atoms with E-state index in [4.69, 9.17) is 4.74 Å². The van der Waals surface area contributed by atoms with Gasteiger partial charge in [-0.25, -0.2) is 0 Å². The number of cyclic esters (lactones) is 1. The summed E-state index contributed by atoms with van der Waals surface area (Å²) in [6, 6.07) is 0. The quantitative estimate of drug-likeness (QED) is 0.487. The SMILES string of the molecule is O=C1OC[C@@H]2[C@H]3CC[C@H](C3)[C@H]12. The second kappa shape index (κ2) is 1.79. The van der Waals surface area contributed by atoms with E-state index in [9.17, 15) is 4.79 Å². The zero-order valence-corrected chi connectivity index (χ0v) is 6.45. The van der Waals surface area contributed by atoms with Crippen LogP contribution in [0.15, 0.2) is 0 Å². The molecule has 2 nitrogen and oxygen atoms in total. The van der Waals surface area contributed by atoms with Crippen molar-refractivity contribution >= 4 is 5.97 Å². The molecule has 3 rings (SSSR count). The molecule has 4 atom stereocenters. The van der Waals surface area contributed by atoms with Gasteiger partial charge in [0.1, 0.15) is 0 Å². The Hall–Kier alpha value is -0.530. The van der Waals surface area contributed by atoms with Crippen LogP contribution in [0, 0.1) is 23.7 Å². The molecule has 2 heteroatoms. The maximum absolute atomic E-state index is 11.2. The van der Waals surface area contributed by atoms with E-state index in [1.54, 1.807) is 0 Å². The first-order chi connectivity index (χ1) is 5.36. The Balaban J connectivity index is 1.97. The average Bonchev–Trinajstić information content (AvgIpc) is 2.60. The number of carbonyl (C=O) groups excluding carboxylic acids is 1. The van der Waals surface area contributed by atoms with Gasteiger partial charge >= 0.3 is 5.97 Å². The van der Waals surface area contributed by atoms with Gasteiger partial charge in [0.15, 0.2) is 0 Å². The molecule has 60 valence electrons. The van der Waals surface area contributed by atoms with E-state index >= 15 is 0 Å². The standard InChI is InChI=1S/C9H12O2/c10-9-8-6-2-1-5(3-6)7(8)4-11-9/h5-8H,1-4H2/t5-,6+,7+,8-/m0/s1. The molecule has 0 unspecified atom stereocenters. The fourth-order valence-corrected chi connectivity index (χ4v) is 3.29. The summed E-state index contributed by atoms with van der Waals surface area (Å²) in [5, 5.41) is 0. The Kier molecular flexibility index (Phi) is 0.984. The number of hydrogen-bond acceptors (Lipinski definition) is 2. The van der Waals surface area contributed by atoms with Crippen LogP contribution in [0.1, 0.15) is 19.3 Å². The third-order valence-corrected chi connectivity index (χ3v) is 3.78. The van der Waals surface area contributed by atoms with Crippen LogP contribution < -0.4 is 0 Å². The van der Waals surface area contributed by atoms with Crippen molar-refractivity contribution in [3.63, 3.8) is 0 Å². The number of hydrogen-bond donors (Lipinski definition) is 0. The van der Waals surface area contributed by atoms with Gasteiger partial charge in [-0.3, -0.25) is 4.79 Å². The fraction of sp³-hybridized carbons (Fsp3) is 0.889. The summed E-state index contributed by atoms with van der Waals surface area (Å²) in [7, 11) is 0.